The molecule has 0 saturated heterocycles. The maximum atomic E-state index is 11.5. The van der Waals surface area contributed by atoms with Crippen LogP contribution in [0.3, 0.4) is 0 Å². The smallest absolute Gasteiger partial charge is 0.432 e. The van der Waals surface area contributed by atoms with Crippen LogP contribution in [-0.4, -0.2) is 45.0 Å². The molecule has 0 spiro atoms. The monoisotopic (exact) mass is 378 g/mol. The number of carbonyl (C=O) groups is 1. The molecule has 3 N–H and O–H groups in total. The Morgan fingerprint density at radius 3 is 2.71 bits per heavy atom. The molecular formula is C19H18N6O3. The van der Waals surface area contributed by atoms with Crippen LogP contribution in [0.2, 0.25) is 0 Å². The van der Waals surface area contributed by atoms with Gasteiger partial charge in [-0.25, -0.2) is 4.79 Å². The zero-order valence-electron chi connectivity index (χ0n) is 15.3. The summed E-state index contributed by atoms with van der Waals surface area (Å²) in [6.45, 7) is 3.55. The number of fused-ring (bicyclic) bond motifs is 1. The lowest BCUT2D eigenvalue weighted by molar-refractivity contribution is 0.194. The van der Waals surface area contributed by atoms with E-state index in [4.69, 9.17) is 5.11 Å². The first-order valence-electron chi connectivity index (χ1n) is 8.59. The molecular weight excluding hydrogens is 360 g/mol. The molecule has 0 fully saturated rings. The summed E-state index contributed by atoms with van der Waals surface area (Å²) in [5, 5.41) is 45.2. The van der Waals surface area contributed by atoms with Crippen LogP contribution in [0, 0.1) is 28.6 Å². The maximum absolute atomic E-state index is 11.5. The van der Waals surface area contributed by atoms with Crippen LogP contribution in [0.4, 0.5) is 10.6 Å². The van der Waals surface area contributed by atoms with Crippen molar-refractivity contribution in [1.82, 2.24) is 9.78 Å². The van der Waals surface area contributed by atoms with Crippen molar-refractivity contribution in [2.75, 3.05) is 18.5 Å². The molecule has 2 unspecified atom stereocenters. The van der Waals surface area contributed by atoms with Gasteiger partial charge in [-0.2, -0.15) is 15.2 Å². The van der Waals surface area contributed by atoms with Gasteiger partial charge >= 0.3 is 6.09 Å². The Bertz CT molecular complexity index is 1100. The van der Waals surface area contributed by atoms with Crippen LogP contribution in [0.25, 0.3) is 10.9 Å². The summed E-state index contributed by atoms with van der Waals surface area (Å²) in [5.41, 5.74) is 2.67. The van der Waals surface area contributed by atoms with E-state index in [9.17, 15) is 20.4 Å². The van der Waals surface area contributed by atoms with Gasteiger partial charge in [-0.15, -0.1) is 5.10 Å². The molecule has 2 atom stereocenters. The molecule has 3 rings (SSSR count). The maximum Gasteiger partial charge on any atom is 0.432 e. The van der Waals surface area contributed by atoms with Crippen LogP contribution < -0.4 is 5.32 Å². The molecule has 9 heteroatoms. The van der Waals surface area contributed by atoms with Crippen molar-refractivity contribution in [3.63, 3.8) is 0 Å². The number of benzene rings is 1. The number of nitrogens with zero attached hydrogens (tertiary/aromatic N) is 5. The van der Waals surface area contributed by atoms with Crippen molar-refractivity contribution in [2.45, 2.75) is 19.8 Å². The Morgan fingerprint density at radius 1 is 1.36 bits per heavy atom. The number of carboxylic acid groups (broad SMARTS) is 1. The normalized spacial score (nSPS) is 19.1. The van der Waals surface area contributed by atoms with Gasteiger partial charge in [0, 0.05) is 23.6 Å². The van der Waals surface area contributed by atoms with E-state index in [1.807, 2.05) is 0 Å². The summed E-state index contributed by atoms with van der Waals surface area (Å²) in [4.78, 5) is 15.8. The molecule has 2 aromatic rings. The van der Waals surface area contributed by atoms with Crippen LogP contribution in [0.5, 0.6) is 0 Å². The highest BCUT2D eigenvalue weighted by molar-refractivity contribution is 5.96. The summed E-state index contributed by atoms with van der Waals surface area (Å²) in [7, 11) is 0. The Kier molecular flexibility index (Phi) is 5.12. The molecule has 1 aliphatic rings. The van der Waals surface area contributed by atoms with E-state index in [0.29, 0.717) is 39.3 Å². The first-order valence-corrected chi connectivity index (χ1v) is 8.59. The number of nitriles is 2. The lowest BCUT2D eigenvalue weighted by atomic mass is 9.76. The lowest BCUT2D eigenvalue weighted by Crippen LogP contribution is -2.24. The number of anilines is 1. The summed E-state index contributed by atoms with van der Waals surface area (Å²) in [5.74, 6) is -0.794. The zero-order valence-corrected chi connectivity index (χ0v) is 15.3. The molecule has 1 aromatic carbocycles. The third kappa shape index (κ3) is 3.08. The van der Waals surface area contributed by atoms with Crippen molar-refractivity contribution >= 4 is 28.5 Å². The first kappa shape index (κ1) is 19.1. The van der Waals surface area contributed by atoms with Gasteiger partial charge in [0.15, 0.2) is 5.82 Å². The number of aromatic nitrogens is 2. The second kappa shape index (κ2) is 7.51. The highest BCUT2D eigenvalue weighted by Gasteiger charge is 2.34. The molecule has 0 saturated carbocycles. The number of aliphatic hydroxyl groups excluding tert-OH is 1. The minimum absolute atomic E-state index is 0.142. The van der Waals surface area contributed by atoms with Crippen molar-refractivity contribution < 1.29 is 15.0 Å². The van der Waals surface area contributed by atoms with Gasteiger partial charge in [0.2, 0.25) is 0 Å². The lowest BCUT2D eigenvalue weighted by Gasteiger charge is -2.26. The number of aliphatic imine (C=N–C) groups is 1. The molecule has 0 radical (unpaired) electrons. The first-order chi connectivity index (χ1) is 13.4. The highest BCUT2D eigenvalue weighted by atomic mass is 16.4. The Balaban J connectivity index is 2.21. The molecule has 142 valence electrons. The largest absolute Gasteiger partial charge is 0.463 e. The van der Waals surface area contributed by atoms with E-state index < -0.39 is 17.9 Å². The Hall–Kier alpha value is -3.69. The molecule has 1 aliphatic heterocycles. The Labute approximate surface area is 160 Å². The molecule has 0 aliphatic carbocycles. The minimum Gasteiger partial charge on any atom is -0.463 e. The van der Waals surface area contributed by atoms with Crippen LogP contribution in [0.15, 0.2) is 34.5 Å². The van der Waals surface area contributed by atoms with Crippen molar-refractivity contribution in [2.24, 2.45) is 10.9 Å². The van der Waals surface area contributed by atoms with E-state index in [1.54, 1.807) is 32.0 Å². The fourth-order valence-electron chi connectivity index (χ4n) is 3.48. The summed E-state index contributed by atoms with van der Waals surface area (Å²) < 4.78 is 0.848. The summed E-state index contributed by atoms with van der Waals surface area (Å²) in [6, 6.07) is 9.44. The van der Waals surface area contributed by atoms with Crippen molar-refractivity contribution in [1.29, 1.82) is 10.5 Å². The van der Waals surface area contributed by atoms with Gasteiger partial charge in [0.05, 0.1) is 41.5 Å². The fourth-order valence-corrected chi connectivity index (χ4v) is 3.48. The third-order valence-electron chi connectivity index (χ3n) is 4.74. The third-order valence-corrected chi connectivity index (χ3v) is 4.74. The van der Waals surface area contributed by atoms with Gasteiger partial charge < -0.3 is 15.5 Å². The summed E-state index contributed by atoms with van der Waals surface area (Å²) >= 11 is 0. The molecule has 2 heterocycles. The second-order valence-corrected chi connectivity index (χ2v) is 6.42. The molecule has 28 heavy (non-hydrogen) atoms. The van der Waals surface area contributed by atoms with Gasteiger partial charge in [0.1, 0.15) is 0 Å². The van der Waals surface area contributed by atoms with Gasteiger partial charge in [-0.1, -0.05) is 6.07 Å². The van der Waals surface area contributed by atoms with E-state index in [-0.39, 0.29) is 13.2 Å². The standard InChI is InChI=1S/C19H18N6O3/c1-10-14(8-20)17(15(9-21)11(2)23-10)12-3-4-16-13(7-12)18(22-5-6-26)24-25(16)19(27)28/h3-4,7,14,17,26H,5-6H2,1-2H3,(H,22,24)(H,27,28). The van der Waals surface area contributed by atoms with Crippen molar-refractivity contribution in [3.8, 4) is 12.1 Å². The number of hydrogen-bond donors (Lipinski definition) is 3. The molecule has 9 nitrogen and oxygen atoms in total. The average Bonchev–Trinajstić information content (AvgIpc) is 3.04. The van der Waals surface area contributed by atoms with Gasteiger partial charge in [-0.05, 0) is 31.5 Å². The number of allylic oxidation sites excluding steroid dienone is 2. The van der Waals surface area contributed by atoms with Gasteiger partial charge in [0.25, 0.3) is 0 Å². The van der Waals surface area contributed by atoms with Crippen LogP contribution in [-0.2, 0) is 0 Å². The summed E-state index contributed by atoms with van der Waals surface area (Å²) in [6.07, 6.45) is -1.24. The second-order valence-electron chi connectivity index (χ2n) is 6.42. The fraction of sp³-hybridized carbons (Fsp3) is 0.316. The average molecular weight is 378 g/mol. The quantitative estimate of drug-likeness (QED) is 0.740. The molecule has 0 amide bonds. The predicted octanol–water partition coefficient (Wildman–Crippen LogP) is 2.46. The highest BCUT2D eigenvalue weighted by Crippen LogP contribution is 2.39. The number of hydrogen-bond acceptors (Lipinski definition) is 7. The minimum atomic E-state index is -1.24. The molecule has 1 aromatic heterocycles. The van der Waals surface area contributed by atoms with E-state index in [2.05, 4.69) is 27.5 Å². The number of nitrogens with one attached hydrogen (secondary N) is 1. The van der Waals surface area contributed by atoms with E-state index in [1.165, 1.54) is 0 Å². The SMILES string of the molecule is CC1=NC(C)=C(C#N)C(c2ccc3c(c2)c(NCCO)nn3C(=O)O)C1C#N. The van der Waals surface area contributed by atoms with Gasteiger partial charge in [-0.3, -0.25) is 4.99 Å². The van der Waals surface area contributed by atoms with Crippen LogP contribution in [0.1, 0.15) is 25.3 Å². The molecule has 0 bridgehead atoms. The van der Waals surface area contributed by atoms with E-state index >= 15 is 0 Å². The number of aliphatic hydroxyl groups is 1. The Morgan fingerprint density at radius 2 is 2.11 bits per heavy atom. The van der Waals surface area contributed by atoms with Crippen molar-refractivity contribution in [3.05, 3.63) is 35.0 Å². The van der Waals surface area contributed by atoms with E-state index in [0.717, 1.165) is 4.68 Å². The van der Waals surface area contributed by atoms with Crippen LogP contribution >= 0.6 is 0 Å². The number of rotatable bonds is 4. The predicted molar refractivity (Wildman–Crippen MR) is 102 cm³/mol. The topological polar surface area (TPSA) is 147 Å². The zero-order chi connectivity index (χ0) is 20.4.